The molecule has 0 radical (unpaired) electrons. The van der Waals surface area contributed by atoms with Crippen molar-refractivity contribution in [1.29, 1.82) is 0 Å². The summed E-state index contributed by atoms with van der Waals surface area (Å²) < 4.78 is 0. The van der Waals surface area contributed by atoms with E-state index in [2.05, 4.69) is 54.5 Å². The van der Waals surface area contributed by atoms with Gasteiger partial charge in [-0.1, -0.05) is 69.2 Å². The predicted molar refractivity (Wildman–Crippen MR) is 159 cm³/mol. The fourth-order valence-corrected chi connectivity index (χ4v) is 6.82. The Bertz CT molecular complexity index is 1650. The number of carbonyl (C=O) groups excluding carboxylic acids is 3. The third-order valence-electron chi connectivity index (χ3n) is 9.05. The van der Waals surface area contributed by atoms with Crippen LogP contribution in [0.2, 0.25) is 0 Å². The van der Waals surface area contributed by atoms with Crippen molar-refractivity contribution in [3.05, 3.63) is 101 Å². The largest absolute Gasteiger partial charge is 0.356 e. The van der Waals surface area contributed by atoms with E-state index in [1.165, 1.54) is 10.5 Å². The second kappa shape index (κ2) is 9.91. The Hall–Kier alpha value is -4.39. The Balaban J connectivity index is 1.24. The average molecular weight is 547 g/mol. The summed E-state index contributed by atoms with van der Waals surface area (Å²) in [5.41, 5.74) is 6.25. The van der Waals surface area contributed by atoms with Gasteiger partial charge in [-0.2, -0.15) is 0 Å². The monoisotopic (exact) mass is 546 g/mol. The highest BCUT2D eigenvalue weighted by molar-refractivity contribution is 6.22. The number of amides is 4. The van der Waals surface area contributed by atoms with E-state index < -0.39 is 12.1 Å². The molecule has 0 spiro atoms. The van der Waals surface area contributed by atoms with Crippen LogP contribution in [-0.2, 0) is 11.2 Å². The smallest absolute Gasteiger partial charge is 0.332 e. The molecule has 4 amide bonds. The van der Waals surface area contributed by atoms with E-state index in [0.717, 1.165) is 53.4 Å². The number of hydrogen-bond acceptors (Lipinski definition) is 3. The Kier molecular flexibility index (Phi) is 6.18. The van der Waals surface area contributed by atoms with Crippen LogP contribution in [0, 0.1) is 0 Å². The second-order valence-corrected chi connectivity index (χ2v) is 11.9. The van der Waals surface area contributed by atoms with Gasteiger partial charge >= 0.3 is 6.03 Å². The number of para-hydroxylation sites is 1. The molecular formula is C34H34N4O3. The number of urea groups is 1. The number of imide groups is 1. The van der Waals surface area contributed by atoms with Gasteiger partial charge in [0.05, 0.1) is 5.69 Å². The SMILES string of the molecule is CC(C)c1ccc(C2c3[nH]c4ccccc4c3C[C@H]3C(=O)N(c4ccc(C(=O)NC5CCCC5)cc4)C(=O)N23)cc1. The molecule has 2 fully saturated rings. The predicted octanol–water partition coefficient (Wildman–Crippen LogP) is 6.45. The molecule has 1 saturated carbocycles. The van der Waals surface area contributed by atoms with Crippen LogP contribution in [0.25, 0.3) is 10.9 Å². The number of rotatable bonds is 5. The number of aromatic nitrogens is 1. The summed E-state index contributed by atoms with van der Waals surface area (Å²) in [6.45, 7) is 4.32. The molecule has 1 aliphatic carbocycles. The van der Waals surface area contributed by atoms with Crippen molar-refractivity contribution in [2.24, 2.45) is 0 Å². The number of benzene rings is 3. The zero-order chi connectivity index (χ0) is 28.2. The molecule has 3 aromatic carbocycles. The first-order valence-corrected chi connectivity index (χ1v) is 14.7. The normalized spacial score (nSPS) is 20.7. The summed E-state index contributed by atoms with van der Waals surface area (Å²) in [5, 5.41) is 4.19. The third kappa shape index (κ3) is 4.22. The zero-order valence-electron chi connectivity index (χ0n) is 23.4. The van der Waals surface area contributed by atoms with Gasteiger partial charge in [0.1, 0.15) is 12.1 Å². The van der Waals surface area contributed by atoms with Gasteiger partial charge in [-0.15, -0.1) is 0 Å². The van der Waals surface area contributed by atoms with Crippen LogP contribution in [0.15, 0.2) is 72.8 Å². The van der Waals surface area contributed by atoms with Crippen molar-refractivity contribution >= 4 is 34.4 Å². The summed E-state index contributed by atoms with van der Waals surface area (Å²) in [7, 11) is 0. The summed E-state index contributed by atoms with van der Waals surface area (Å²) in [5.74, 6) is 0.0357. The molecule has 3 aliphatic rings. The Morgan fingerprint density at radius 2 is 1.63 bits per heavy atom. The van der Waals surface area contributed by atoms with Crippen LogP contribution in [-0.4, -0.2) is 39.8 Å². The molecular weight excluding hydrogens is 512 g/mol. The quantitative estimate of drug-likeness (QED) is 0.282. The minimum absolute atomic E-state index is 0.116. The average Bonchev–Trinajstić information content (AvgIpc) is 3.69. The lowest BCUT2D eigenvalue weighted by Gasteiger charge is -2.36. The standard InChI is InChI=1S/C34H34N4O3/c1-20(2)21-11-13-22(14-12-21)31-30-27(26-9-5-6-10-28(26)36-30)19-29-33(40)37(34(41)38(29)31)25-17-15-23(16-18-25)32(39)35-24-7-3-4-8-24/h5-6,9-18,20,24,29,31,36H,3-4,7-8,19H2,1-2H3,(H,35,39)/t29-,31?/m0/s1. The number of fused-ring (bicyclic) bond motifs is 4. The first-order valence-electron chi connectivity index (χ1n) is 14.7. The Morgan fingerprint density at radius 1 is 0.927 bits per heavy atom. The van der Waals surface area contributed by atoms with Gasteiger partial charge in [-0.05, 0) is 65.8 Å². The highest BCUT2D eigenvalue weighted by Gasteiger charge is 2.53. The maximum atomic E-state index is 14.1. The van der Waals surface area contributed by atoms with Crippen molar-refractivity contribution in [2.45, 2.75) is 70.0 Å². The topological polar surface area (TPSA) is 85.5 Å². The number of aromatic amines is 1. The van der Waals surface area contributed by atoms with E-state index in [0.29, 0.717) is 23.6 Å². The lowest BCUT2D eigenvalue weighted by Crippen LogP contribution is -2.44. The molecule has 0 bridgehead atoms. The summed E-state index contributed by atoms with van der Waals surface area (Å²) >= 11 is 0. The molecule has 7 nitrogen and oxygen atoms in total. The van der Waals surface area contributed by atoms with Crippen LogP contribution >= 0.6 is 0 Å². The minimum atomic E-state index is -0.616. The van der Waals surface area contributed by atoms with E-state index in [9.17, 15) is 14.4 Å². The van der Waals surface area contributed by atoms with Gasteiger partial charge in [0.15, 0.2) is 0 Å². The van der Waals surface area contributed by atoms with Crippen molar-refractivity contribution in [2.75, 3.05) is 4.90 Å². The molecule has 2 aliphatic heterocycles. The first-order chi connectivity index (χ1) is 19.9. The van der Waals surface area contributed by atoms with Gasteiger partial charge in [0, 0.05) is 34.6 Å². The van der Waals surface area contributed by atoms with E-state index in [1.54, 1.807) is 29.2 Å². The molecule has 208 valence electrons. The molecule has 1 unspecified atom stereocenters. The minimum Gasteiger partial charge on any atom is -0.356 e. The number of anilines is 1. The Labute approximate surface area is 239 Å². The van der Waals surface area contributed by atoms with Crippen LogP contribution in [0.1, 0.15) is 84.2 Å². The summed E-state index contributed by atoms with van der Waals surface area (Å²) in [6.07, 6.45) is 4.75. The maximum absolute atomic E-state index is 14.1. The number of H-pyrrole nitrogens is 1. The van der Waals surface area contributed by atoms with Crippen LogP contribution in [0.4, 0.5) is 10.5 Å². The van der Waals surface area contributed by atoms with Gasteiger partial charge in [0.25, 0.3) is 11.8 Å². The highest BCUT2D eigenvalue weighted by atomic mass is 16.2. The third-order valence-corrected chi connectivity index (χ3v) is 9.05. The van der Waals surface area contributed by atoms with E-state index in [1.807, 2.05) is 18.2 Å². The number of hydrogen-bond donors (Lipinski definition) is 2. The summed E-state index contributed by atoms with van der Waals surface area (Å²) in [4.78, 5) is 47.5. The molecule has 1 aromatic heterocycles. The molecule has 2 atom stereocenters. The molecule has 4 aromatic rings. The summed E-state index contributed by atoms with van der Waals surface area (Å²) in [6, 6.07) is 22.2. The number of carbonyl (C=O) groups is 3. The van der Waals surface area contributed by atoms with Crippen LogP contribution in [0.5, 0.6) is 0 Å². The van der Waals surface area contributed by atoms with Gasteiger partial charge < -0.3 is 10.3 Å². The number of nitrogens with zero attached hydrogens (tertiary/aromatic N) is 2. The second-order valence-electron chi connectivity index (χ2n) is 11.9. The van der Waals surface area contributed by atoms with Gasteiger partial charge in [-0.3, -0.25) is 14.5 Å². The lowest BCUT2D eigenvalue weighted by atomic mass is 9.88. The van der Waals surface area contributed by atoms with Crippen LogP contribution < -0.4 is 10.2 Å². The molecule has 2 N–H and O–H groups in total. The van der Waals surface area contributed by atoms with Crippen molar-refractivity contribution < 1.29 is 14.4 Å². The lowest BCUT2D eigenvalue weighted by molar-refractivity contribution is -0.120. The van der Waals surface area contributed by atoms with Crippen molar-refractivity contribution in [1.82, 2.24) is 15.2 Å². The van der Waals surface area contributed by atoms with E-state index in [-0.39, 0.29) is 23.9 Å². The molecule has 7 rings (SSSR count). The molecule has 41 heavy (non-hydrogen) atoms. The highest BCUT2D eigenvalue weighted by Crippen LogP contribution is 2.45. The van der Waals surface area contributed by atoms with Crippen molar-refractivity contribution in [3.8, 4) is 0 Å². The van der Waals surface area contributed by atoms with Gasteiger partial charge in [-0.25, -0.2) is 9.69 Å². The fraction of sp³-hybridized carbons (Fsp3) is 0.324. The maximum Gasteiger partial charge on any atom is 0.332 e. The first kappa shape index (κ1) is 25.6. The Morgan fingerprint density at radius 3 is 2.34 bits per heavy atom. The number of nitrogens with one attached hydrogen (secondary N) is 2. The molecule has 7 heteroatoms. The van der Waals surface area contributed by atoms with E-state index >= 15 is 0 Å². The van der Waals surface area contributed by atoms with Crippen molar-refractivity contribution in [3.63, 3.8) is 0 Å². The molecule has 3 heterocycles. The fourth-order valence-electron chi connectivity index (χ4n) is 6.82. The molecule has 1 saturated heterocycles. The van der Waals surface area contributed by atoms with Crippen LogP contribution in [0.3, 0.4) is 0 Å². The van der Waals surface area contributed by atoms with E-state index in [4.69, 9.17) is 0 Å². The zero-order valence-corrected chi connectivity index (χ0v) is 23.4. The van der Waals surface area contributed by atoms with Gasteiger partial charge in [0.2, 0.25) is 0 Å².